The lowest BCUT2D eigenvalue weighted by atomic mass is 10.1. The van der Waals surface area contributed by atoms with E-state index in [0.717, 1.165) is 17.1 Å². The first-order valence-corrected chi connectivity index (χ1v) is 5.30. The number of hydrogen-bond donors (Lipinski definition) is 1. The molecule has 90 valence electrons. The van der Waals surface area contributed by atoms with Crippen LogP contribution in [0.15, 0.2) is 34.7 Å². The SMILES string of the molecule is COc1cccc(-c2ccc(CN)o2)c1OC. The number of furan rings is 1. The Morgan fingerprint density at radius 2 is 1.94 bits per heavy atom. The smallest absolute Gasteiger partial charge is 0.171 e. The maximum atomic E-state index is 5.60. The molecule has 0 unspecified atom stereocenters. The molecule has 0 aliphatic rings. The fraction of sp³-hybridized carbons (Fsp3) is 0.231. The maximum absolute atomic E-state index is 5.60. The van der Waals surface area contributed by atoms with Gasteiger partial charge in [-0.15, -0.1) is 0 Å². The van der Waals surface area contributed by atoms with Crippen LogP contribution in [0.3, 0.4) is 0 Å². The molecule has 4 nitrogen and oxygen atoms in total. The third-order valence-corrected chi connectivity index (χ3v) is 2.53. The predicted octanol–water partition coefficient (Wildman–Crippen LogP) is 2.42. The van der Waals surface area contributed by atoms with Crippen LogP contribution in [-0.4, -0.2) is 14.2 Å². The van der Waals surface area contributed by atoms with E-state index in [1.165, 1.54) is 0 Å². The number of ether oxygens (including phenoxy) is 2. The zero-order valence-corrected chi connectivity index (χ0v) is 9.90. The molecule has 0 bridgehead atoms. The van der Waals surface area contributed by atoms with Gasteiger partial charge in [0.25, 0.3) is 0 Å². The summed E-state index contributed by atoms with van der Waals surface area (Å²) in [4.78, 5) is 0. The molecule has 0 saturated carbocycles. The summed E-state index contributed by atoms with van der Waals surface area (Å²) in [5, 5.41) is 0. The van der Waals surface area contributed by atoms with E-state index >= 15 is 0 Å². The summed E-state index contributed by atoms with van der Waals surface area (Å²) in [6.45, 7) is 0.381. The second-order valence-corrected chi connectivity index (χ2v) is 3.51. The number of para-hydroxylation sites is 1. The molecule has 17 heavy (non-hydrogen) atoms. The third-order valence-electron chi connectivity index (χ3n) is 2.53. The number of nitrogens with two attached hydrogens (primary N) is 1. The van der Waals surface area contributed by atoms with Gasteiger partial charge in [-0.05, 0) is 24.3 Å². The number of benzene rings is 1. The Balaban J connectivity index is 2.50. The molecule has 1 heterocycles. The van der Waals surface area contributed by atoms with Crippen molar-refractivity contribution in [1.29, 1.82) is 0 Å². The Kier molecular flexibility index (Phi) is 3.35. The van der Waals surface area contributed by atoms with Crippen LogP contribution >= 0.6 is 0 Å². The largest absolute Gasteiger partial charge is 0.493 e. The Morgan fingerprint density at radius 3 is 2.53 bits per heavy atom. The highest BCUT2D eigenvalue weighted by Crippen LogP contribution is 2.38. The molecular formula is C13H15NO3. The highest BCUT2D eigenvalue weighted by atomic mass is 16.5. The fourth-order valence-corrected chi connectivity index (χ4v) is 1.71. The molecule has 0 saturated heterocycles. The van der Waals surface area contributed by atoms with Crippen LogP contribution in [-0.2, 0) is 6.54 Å². The molecule has 0 amide bonds. The van der Waals surface area contributed by atoms with Gasteiger partial charge in [-0.3, -0.25) is 0 Å². The van der Waals surface area contributed by atoms with Crippen molar-refractivity contribution < 1.29 is 13.9 Å². The standard InChI is InChI=1S/C13H15NO3/c1-15-12-5-3-4-10(13(12)16-2)11-7-6-9(8-14)17-11/h3-7H,8,14H2,1-2H3. The molecule has 0 atom stereocenters. The van der Waals surface area contributed by atoms with Crippen LogP contribution in [0.25, 0.3) is 11.3 Å². The molecule has 2 aromatic rings. The zero-order chi connectivity index (χ0) is 12.3. The lowest BCUT2D eigenvalue weighted by Gasteiger charge is -2.10. The summed E-state index contributed by atoms with van der Waals surface area (Å²) < 4.78 is 16.2. The minimum atomic E-state index is 0.381. The third kappa shape index (κ3) is 2.12. The second kappa shape index (κ2) is 4.93. The average Bonchev–Trinajstić information content (AvgIpc) is 2.86. The van der Waals surface area contributed by atoms with Gasteiger partial charge in [0, 0.05) is 0 Å². The van der Waals surface area contributed by atoms with Crippen LogP contribution in [0.2, 0.25) is 0 Å². The molecule has 0 aliphatic carbocycles. The van der Waals surface area contributed by atoms with Crippen molar-refractivity contribution in [3.8, 4) is 22.8 Å². The van der Waals surface area contributed by atoms with Gasteiger partial charge in [-0.25, -0.2) is 0 Å². The Morgan fingerprint density at radius 1 is 1.12 bits per heavy atom. The summed E-state index contributed by atoms with van der Waals surface area (Å²) in [6, 6.07) is 9.38. The van der Waals surface area contributed by atoms with E-state index in [9.17, 15) is 0 Å². The van der Waals surface area contributed by atoms with Gasteiger partial charge in [0.15, 0.2) is 11.5 Å². The topological polar surface area (TPSA) is 57.6 Å². The molecule has 0 radical (unpaired) electrons. The molecule has 4 heteroatoms. The highest BCUT2D eigenvalue weighted by molar-refractivity contribution is 5.70. The van der Waals surface area contributed by atoms with Crippen LogP contribution in [0.4, 0.5) is 0 Å². The van der Waals surface area contributed by atoms with Crippen molar-refractivity contribution in [2.45, 2.75) is 6.54 Å². The van der Waals surface area contributed by atoms with Crippen molar-refractivity contribution in [3.63, 3.8) is 0 Å². The first-order chi connectivity index (χ1) is 8.30. The summed E-state index contributed by atoms with van der Waals surface area (Å²) in [5.41, 5.74) is 6.37. The van der Waals surface area contributed by atoms with E-state index in [1.807, 2.05) is 30.3 Å². The average molecular weight is 233 g/mol. The van der Waals surface area contributed by atoms with Gasteiger partial charge in [0.1, 0.15) is 11.5 Å². The van der Waals surface area contributed by atoms with Gasteiger partial charge in [-0.2, -0.15) is 0 Å². The monoisotopic (exact) mass is 233 g/mol. The molecule has 0 fully saturated rings. The van der Waals surface area contributed by atoms with Gasteiger partial charge in [-0.1, -0.05) is 6.07 Å². The van der Waals surface area contributed by atoms with E-state index in [1.54, 1.807) is 14.2 Å². The van der Waals surface area contributed by atoms with Crippen LogP contribution in [0.5, 0.6) is 11.5 Å². The highest BCUT2D eigenvalue weighted by Gasteiger charge is 2.13. The van der Waals surface area contributed by atoms with Crippen molar-refractivity contribution in [2.75, 3.05) is 14.2 Å². The van der Waals surface area contributed by atoms with Crippen molar-refractivity contribution in [1.82, 2.24) is 0 Å². The van der Waals surface area contributed by atoms with Crippen LogP contribution < -0.4 is 15.2 Å². The number of rotatable bonds is 4. The number of methoxy groups -OCH3 is 2. The van der Waals surface area contributed by atoms with Crippen molar-refractivity contribution >= 4 is 0 Å². The van der Waals surface area contributed by atoms with E-state index in [2.05, 4.69) is 0 Å². The summed E-state index contributed by atoms with van der Waals surface area (Å²) in [7, 11) is 3.21. The van der Waals surface area contributed by atoms with Gasteiger partial charge in [0.2, 0.25) is 0 Å². The van der Waals surface area contributed by atoms with Gasteiger partial charge in [0.05, 0.1) is 26.3 Å². The zero-order valence-electron chi connectivity index (χ0n) is 9.90. The molecule has 1 aromatic carbocycles. The molecule has 2 N–H and O–H groups in total. The first kappa shape index (κ1) is 11.5. The lowest BCUT2D eigenvalue weighted by molar-refractivity contribution is 0.355. The molecule has 1 aromatic heterocycles. The fourth-order valence-electron chi connectivity index (χ4n) is 1.71. The predicted molar refractivity (Wildman–Crippen MR) is 65.1 cm³/mol. The minimum Gasteiger partial charge on any atom is -0.493 e. The van der Waals surface area contributed by atoms with E-state index in [0.29, 0.717) is 18.0 Å². The quantitative estimate of drug-likeness (QED) is 0.881. The molecule has 0 aliphatic heterocycles. The van der Waals surface area contributed by atoms with E-state index < -0.39 is 0 Å². The summed E-state index contributed by atoms with van der Waals surface area (Å²) >= 11 is 0. The van der Waals surface area contributed by atoms with Crippen molar-refractivity contribution in [3.05, 3.63) is 36.1 Å². The molecular weight excluding hydrogens is 218 g/mol. The Labute approximate surface area is 99.9 Å². The molecule has 0 spiro atoms. The minimum absolute atomic E-state index is 0.381. The van der Waals surface area contributed by atoms with Crippen LogP contribution in [0, 0.1) is 0 Å². The summed E-state index contributed by atoms with van der Waals surface area (Å²) in [6.07, 6.45) is 0. The Hall–Kier alpha value is -1.94. The normalized spacial score (nSPS) is 10.3. The second-order valence-electron chi connectivity index (χ2n) is 3.51. The Bertz CT molecular complexity index is 505. The first-order valence-electron chi connectivity index (χ1n) is 5.30. The van der Waals surface area contributed by atoms with Crippen LogP contribution in [0.1, 0.15) is 5.76 Å². The van der Waals surface area contributed by atoms with Gasteiger partial charge < -0.3 is 19.6 Å². The van der Waals surface area contributed by atoms with E-state index in [4.69, 9.17) is 19.6 Å². The number of hydrogen-bond acceptors (Lipinski definition) is 4. The summed E-state index contributed by atoms with van der Waals surface area (Å²) in [5.74, 6) is 2.80. The lowest BCUT2D eigenvalue weighted by Crippen LogP contribution is -1.93. The maximum Gasteiger partial charge on any atom is 0.171 e. The van der Waals surface area contributed by atoms with Gasteiger partial charge >= 0.3 is 0 Å². The van der Waals surface area contributed by atoms with E-state index in [-0.39, 0.29) is 0 Å². The van der Waals surface area contributed by atoms with Crippen molar-refractivity contribution in [2.24, 2.45) is 5.73 Å². The molecule has 2 rings (SSSR count).